The predicted molar refractivity (Wildman–Crippen MR) is 104 cm³/mol. The van der Waals surface area contributed by atoms with Crippen molar-refractivity contribution < 1.29 is 9.90 Å². The molecule has 0 bridgehead atoms. The maximum Gasteiger partial charge on any atom is 0.241 e. The molecule has 2 saturated carbocycles. The van der Waals surface area contributed by atoms with Gasteiger partial charge in [0.05, 0.1) is 5.60 Å². The molecule has 1 aromatic rings. The maximum atomic E-state index is 13.3. The molecule has 2 saturated heterocycles. The van der Waals surface area contributed by atoms with Gasteiger partial charge in [0.2, 0.25) is 5.91 Å². The number of benzene rings is 1. The number of likely N-dealkylation sites (tertiary alicyclic amines) is 1. The first-order chi connectivity index (χ1) is 13.2. The van der Waals surface area contributed by atoms with Crippen molar-refractivity contribution in [3.05, 3.63) is 35.9 Å². The lowest BCUT2D eigenvalue weighted by Gasteiger charge is -2.53. The molecular weight excluding hydrogens is 338 g/mol. The summed E-state index contributed by atoms with van der Waals surface area (Å²) >= 11 is 0. The van der Waals surface area contributed by atoms with E-state index < -0.39 is 5.60 Å². The van der Waals surface area contributed by atoms with E-state index in [1.165, 1.54) is 12.8 Å². The van der Waals surface area contributed by atoms with E-state index in [4.69, 9.17) is 0 Å². The van der Waals surface area contributed by atoms with Gasteiger partial charge in [0, 0.05) is 24.5 Å². The van der Waals surface area contributed by atoms with E-state index in [1.807, 2.05) is 30.3 Å². The van der Waals surface area contributed by atoms with Crippen molar-refractivity contribution in [2.45, 2.75) is 75.1 Å². The first-order valence-corrected chi connectivity index (χ1v) is 10.8. The maximum absolute atomic E-state index is 13.3. The number of fused-ring (bicyclic) bond motifs is 1. The molecule has 27 heavy (non-hydrogen) atoms. The first-order valence-electron chi connectivity index (χ1n) is 10.8. The van der Waals surface area contributed by atoms with Crippen molar-refractivity contribution in [1.29, 1.82) is 0 Å². The highest BCUT2D eigenvalue weighted by Gasteiger charge is 2.51. The van der Waals surface area contributed by atoms with Crippen LogP contribution in [0.5, 0.6) is 0 Å². The Bertz CT molecular complexity index is 692. The van der Waals surface area contributed by atoms with Crippen LogP contribution >= 0.6 is 0 Å². The fourth-order valence-electron chi connectivity index (χ4n) is 5.79. The van der Waals surface area contributed by atoms with Crippen LogP contribution in [0.2, 0.25) is 0 Å². The van der Waals surface area contributed by atoms with Crippen LogP contribution in [0.1, 0.15) is 56.9 Å². The van der Waals surface area contributed by atoms with Crippen LogP contribution in [0.25, 0.3) is 0 Å². The zero-order valence-corrected chi connectivity index (χ0v) is 15.9. The number of nitrogens with zero attached hydrogens (tertiary/aromatic N) is 1. The Kier molecular flexibility index (Phi) is 4.49. The second-order valence-electron chi connectivity index (χ2n) is 9.05. The highest BCUT2D eigenvalue weighted by molar-refractivity contribution is 5.82. The van der Waals surface area contributed by atoms with E-state index >= 15 is 0 Å². The Morgan fingerprint density at radius 3 is 2.63 bits per heavy atom. The minimum Gasteiger partial charge on any atom is -0.385 e. The van der Waals surface area contributed by atoms with Crippen LogP contribution in [0.3, 0.4) is 0 Å². The van der Waals surface area contributed by atoms with E-state index in [1.54, 1.807) is 0 Å². The molecule has 2 unspecified atom stereocenters. The van der Waals surface area contributed by atoms with Gasteiger partial charge in [-0.05, 0) is 50.0 Å². The molecule has 2 aliphatic carbocycles. The second-order valence-corrected chi connectivity index (χ2v) is 9.05. The van der Waals surface area contributed by atoms with E-state index in [-0.39, 0.29) is 23.9 Å². The highest BCUT2D eigenvalue weighted by atomic mass is 16.3. The molecule has 5 nitrogen and oxygen atoms in total. The summed E-state index contributed by atoms with van der Waals surface area (Å²) < 4.78 is 0. The minimum absolute atomic E-state index is 0.110. The lowest BCUT2D eigenvalue weighted by atomic mass is 9.66. The highest BCUT2D eigenvalue weighted by Crippen LogP contribution is 2.47. The Balaban J connectivity index is 1.36. The number of aliphatic hydroxyl groups is 1. The summed E-state index contributed by atoms with van der Waals surface area (Å²) in [6, 6.07) is 10.6. The molecule has 0 aromatic heterocycles. The largest absolute Gasteiger partial charge is 0.385 e. The van der Waals surface area contributed by atoms with E-state index in [0.29, 0.717) is 19.0 Å². The number of rotatable bonds is 3. The van der Waals surface area contributed by atoms with Gasteiger partial charge in [-0.3, -0.25) is 10.2 Å². The minimum atomic E-state index is -0.805. The van der Waals surface area contributed by atoms with Crippen LogP contribution in [-0.2, 0) is 10.4 Å². The van der Waals surface area contributed by atoms with Crippen LogP contribution in [-0.4, -0.2) is 40.6 Å². The van der Waals surface area contributed by atoms with Gasteiger partial charge in [0.15, 0.2) is 0 Å². The molecule has 5 heteroatoms. The third kappa shape index (κ3) is 3.10. The summed E-state index contributed by atoms with van der Waals surface area (Å²) in [7, 11) is 0. The number of carbonyl (C=O) groups excluding carboxylic acids is 1. The molecule has 1 aromatic carbocycles. The molecule has 2 aliphatic heterocycles. The van der Waals surface area contributed by atoms with Crippen LogP contribution in [0, 0.1) is 11.8 Å². The number of hydrogen-bond donors (Lipinski definition) is 3. The Labute approximate surface area is 161 Å². The number of piperidine rings is 1. The third-order valence-electron chi connectivity index (χ3n) is 7.46. The normalized spacial score (nSPS) is 39.2. The van der Waals surface area contributed by atoms with Crippen molar-refractivity contribution in [3.8, 4) is 0 Å². The van der Waals surface area contributed by atoms with E-state index in [9.17, 15) is 9.90 Å². The first kappa shape index (κ1) is 17.7. The molecule has 4 aliphatic rings. The summed E-state index contributed by atoms with van der Waals surface area (Å²) in [5.41, 5.74) is 6.84. The smallest absolute Gasteiger partial charge is 0.241 e. The molecule has 5 atom stereocenters. The number of amides is 1. The van der Waals surface area contributed by atoms with Gasteiger partial charge in [-0.25, -0.2) is 5.43 Å². The fourth-order valence-corrected chi connectivity index (χ4v) is 5.79. The molecule has 5 rings (SSSR count). The summed E-state index contributed by atoms with van der Waals surface area (Å²) in [5, 5.41) is 11.7. The molecular formula is C22H31N3O2. The topological polar surface area (TPSA) is 64.6 Å². The van der Waals surface area contributed by atoms with Gasteiger partial charge in [0.25, 0.3) is 0 Å². The fraction of sp³-hybridized carbons (Fsp3) is 0.682. The van der Waals surface area contributed by atoms with Crippen molar-refractivity contribution in [2.24, 2.45) is 11.8 Å². The van der Waals surface area contributed by atoms with E-state index in [0.717, 1.165) is 43.6 Å². The van der Waals surface area contributed by atoms with Gasteiger partial charge in [0.1, 0.15) is 6.04 Å². The number of hydrazine groups is 1. The SMILES string of the molecule is O=C(C1CC(C2CC2)NN1)N1CC[C@](O)(c2ccccc2)[C@@H]2CCCC[C@H]21. The lowest BCUT2D eigenvalue weighted by Crippen LogP contribution is -2.61. The number of carbonyl (C=O) groups is 1. The van der Waals surface area contributed by atoms with Gasteiger partial charge < -0.3 is 10.0 Å². The zero-order valence-electron chi connectivity index (χ0n) is 15.9. The van der Waals surface area contributed by atoms with Gasteiger partial charge in [-0.1, -0.05) is 43.2 Å². The Hall–Kier alpha value is -1.43. The molecule has 0 spiro atoms. The van der Waals surface area contributed by atoms with Gasteiger partial charge in [-0.15, -0.1) is 0 Å². The number of hydrogen-bond acceptors (Lipinski definition) is 4. The molecule has 1 amide bonds. The molecule has 146 valence electrons. The molecule has 2 heterocycles. The zero-order chi connectivity index (χ0) is 18.4. The summed E-state index contributed by atoms with van der Waals surface area (Å²) in [6.07, 6.45) is 8.43. The summed E-state index contributed by atoms with van der Waals surface area (Å²) in [5.74, 6) is 1.12. The summed E-state index contributed by atoms with van der Waals surface area (Å²) in [6.45, 7) is 0.650. The van der Waals surface area contributed by atoms with Crippen molar-refractivity contribution in [1.82, 2.24) is 15.8 Å². The van der Waals surface area contributed by atoms with Gasteiger partial charge in [-0.2, -0.15) is 0 Å². The van der Waals surface area contributed by atoms with E-state index in [2.05, 4.69) is 15.8 Å². The second kappa shape index (κ2) is 6.87. The average molecular weight is 370 g/mol. The molecule has 4 fully saturated rings. The van der Waals surface area contributed by atoms with Crippen LogP contribution < -0.4 is 10.9 Å². The van der Waals surface area contributed by atoms with Crippen molar-refractivity contribution >= 4 is 5.91 Å². The molecule has 3 N–H and O–H groups in total. The van der Waals surface area contributed by atoms with Gasteiger partial charge >= 0.3 is 0 Å². The lowest BCUT2D eigenvalue weighted by molar-refractivity contribution is -0.156. The predicted octanol–water partition coefficient (Wildman–Crippen LogP) is 2.31. The number of nitrogens with one attached hydrogen (secondary N) is 2. The molecule has 0 radical (unpaired) electrons. The van der Waals surface area contributed by atoms with Crippen molar-refractivity contribution in [3.63, 3.8) is 0 Å². The standard InChI is InChI=1S/C22H31N3O2/c26-21(19-14-18(23-24-19)15-10-11-15)25-13-12-22(27,16-6-2-1-3-7-16)17-8-4-5-9-20(17)25/h1-3,6-7,15,17-20,23-24,27H,4-5,8-14H2/t17-,18?,19?,20-,22+/m1/s1. The third-order valence-corrected chi connectivity index (χ3v) is 7.46. The quantitative estimate of drug-likeness (QED) is 0.765. The Morgan fingerprint density at radius 2 is 1.85 bits per heavy atom. The van der Waals surface area contributed by atoms with Crippen LogP contribution in [0.4, 0.5) is 0 Å². The Morgan fingerprint density at radius 1 is 1.07 bits per heavy atom. The van der Waals surface area contributed by atoms with Crippen molar-refractivity contribution in [2.75, 3.05) is 6.54 Å². The monoisotopic (exact) mass is 369 g/mol. The van der Waals surface area contributed by atoms with Crippen LogP contribution in [0.15, 0.2) is 30.3 Å². The summed E-state index contributed by atoms with van der Waals surface area (Å²) in [4.78, 5) is 15.4. The average Bonchev–Trinajstić information content (AvgIpc) is 3.45.